The predicted octanol–water partition coefficient (Wildman–Crippen LogP) is 4.72. The van der Waals surface area contributed by atoms with Crippen LogP contribution < -0.4 is 0 Å². The summed E-state index contributed by atoms with van der Waals surface area (Å²) < 4.78 is 0. The fourth-order valence-electron chi connectivity index (χ4n) is 5.31. The van der Waals surface area contributed by atoms with Crippen LogP contribution in [0.5, 0.6) is 0 Å². The van der Waals surface area contributed by atoms with Crippen molar-refractivity contribution in [1.29, 1.82) is 5.26 Å². The van der Waals surface area contributed by atoms with E-state index in [0.717, 1.165) is 51.4 Å². The normalized spacial score (nSPS) is 31.6. The first-order valence-corrected chi connectivity index (χ1v) is 8.78. The molecule has 20 heavy (non-hydrogen) atoms. The van der Waals surface area contributed by atoms with E-state index in [4.69, 9.17) is 0 Å². The molecular formula is C18H29NO. The molecule has 2 nitrogen and oxygen atoms in total. The minimum Gasteiger partial charge on any atom is -0.388 e. The van der Waals surface area contributed by atoms with Crippen molar-refractivity contribution in [2.45, 2.75) is 95.5 Å². The molecule has 2 heteroatoms. The zero-order chi connectivity index (χ0) is 14.1. The van der Waals surface area contributed by atoms with Crippen molar-refractivity contribution in [3.63, 3.8) is 0 Å². The van der Waals surface area contributed by atoms with E-state index in [1.807, 2.05) is 0 Å². The van der Waals surface area contributed by atoms with Crippen LogP contribution in [0.1, 0.15) is 89.9 Å². The van der Waals surface area contributed by atoms with E-state index < -0.39 is 11.0 Å². The molecule has 1 spiro atoms. The maximum Gasteiger partial charge on any atom is 0.0860 e. The van der Waals surface area contributed by atoms with Crippen molar-refractivity contribution >= 4 is 0 Å². The van der Waals surface area contributed by atoms with Gasteiger partial charge < -0.3 is 5.11 Å². The molecule has 0 bridgehead atoms. The molecule has 3 rings (SSSR count). The molecule has 0 aliphatic heterocycles. The second kappa shape index (κ2) is 5.34. The van der Waals surface area contributed by atoms with Gasteiger partial charge in [-0.2, -0.15) is 5.26 Å². The van der Waals surface area contributed by atoms with Crippen LogP contribution in [0.15, 0.2) is 0 Å². The topological polar surface area (TPSA) is 44.0 Å². The van der Waals surface area contributed by atoms with Gasteiger partial charge in [0.25, 0.3) is 0 Å². The van der Waals surface area contributed by atoms with Crippen LogP contribution in [0.4, 0.5) is 0 Å². The van der Waals surface area contributed by atoms with Crippen LogP contribution in [0.3, 0.4) is 0 Å². The van der Waals surface area contributed by atoms with Gasteiger partial charge in [0.2, 0.25) is 0 Å². The third-order valence-electron chi connectivity index (χ3n) is 6.86. The Labute approximate surface area is 123 Å². The summed E-state index contributed by atoms with van der Waals surface area (Å²) in [6.45, 7) is 0. The van der Waals surface area contributed by atoms with E-state index in [9.17, 15) is 10.4 Å². The highest BCUT2D eigenvalue weighted by molar-refractivity contribution is 5.14. The first kappa shape index (κ1) is 14.4. The average molecular weight is 275 g/mol. The van der Waals surface area contributed by atoms with Crippen molar-refractivity contribution in [3.8, 4) is 6.07 Å². The average Bonchev–Trinajstić information content (AvgIpc) is 2.78. The first-order valence-electron chi connectivity index (χ1n) is 8.78. The Morgan fingerprint density at radius 2 is 1.15 bits per heavy atom. The van der Waals surface area contributed by atoms with Gasteiger partial charge in [-0.15, -0.1) is 0 Å². The maximum atomic E-state index is 11.3. The fourth-order valence-corrected chi connectivity index (χ4v) is 5.31. The Morgan fingerprint density at radius 3 is 1.65 bits per heavy atom. The summed E-state index contributed by atoms with van der Waals surface area (Å²) in [6.07, 6.45) is 16.1. The van der Waals surface area contributed by atoms with Crippen LogP contribution in [-0.4, -0.2) is 10.7 Å². The van der Waals surface area contributed by atoms with E-state index >= 15 is 0 Å². The summed E-state index contributed by atoms with van der Waals surface area (Å²) >= 11 is 0. The molecular weight excluding hydrogens is 246 g/mol. The van der Waals surface area contributed by atoms with Crippen LogP contribution in [0.2, 0.25) is 0 Å². The highest BCUT2D eigenvalue weighted by Gasteiger charge is 2.54. The fraction of sp³-hybridized carbons (Fsp3) is 0.944. The minimum absolute atomic E-state index is 0.441. The lowest BCUT2D eigenvalue weighted by atomic mass is 9.57. The number of nitrogens with zero attached hydrogens (tertiary/aromatic N) is 1. The molecule has 0 aromatic heterocycles. The lowest BCUT2D eigenvalue weighted by Crippen LogP contribution is -2.51. The van der Waals surface area contributed by atoms with Gasteiger partial charge in [0.1, 0.15) is 0 Å². The van der Waals surface area contributed by atoms with E-state index in [1.54, 1.807) is 0 Å². The molecule has 0 saturated heterocycles. The molecule has 0 amide bonds. The van der Waals surface area contributed by atoms with Crippen molar-refractivity contribution in [2.24, 2.45) is 10.8 Å². The Hall–Kier alpha value is -0.550. The van der Waals surface area contributed by atoms with Crippen LogP contribution in [0.25, 0.3) is 0 Å². The van der Waals surface area contributed by atoms with Gasteiger partial charge in [0.05, 0.1) is 17.1 Å². The molecule has 0 aromatic carbocycles. The van der Waals surface area contributed by atoms with Crippen LogP contribution in [-0.2, 0) is 0 Å². The van der Waals surface area contributed by atoms with Crippen molar-refractivity contribution in [1.82, 2.24) is 0 Å². The Balaban J connectivity index is 1.76. The lowest BCUT2D eigenvalue weighted by molar-refractivity contribution is -0.111. The van der Waals surface area contributed by atoms with Gasteiger partial charge in [-0.3, -0.25) is 0 Å². The van der Waals surface area contributed by atoms with Crippen molar-refractivity contribution < 1.29 is 5.11 Å². The quantitative estimate of drug-likeness (QED) is 0.704. The van der Waals surface area contributed by atoms with Gasteiger partial charge in [-0.25, -0.2) is 0 Å². The monoisotopic (exact) mass is 275 g/mol. The highest BCUT2D eigenvalue weighted by atomic mass is 16.3. The first-order chi connectivity index (χ1) is 9.64. The minimum atomic E-state index is -0.695. The number of aliphatic hydroxyl groups is 1. The molecule has 0 unspecified atom stereocenters. The van der Waals surface area contributed by atoms with Crippen LogP contribution in [0, 0.1) is 22.2 Å². The molecule has 3 fully saturated rings. The molecule has 0 atom stereocenters. The van der Waals surface area contributed by atoms with Gasteiger partial charge in [-0.05, 0) is 56.8 Å². The van der Waals surface area contributed by atoms with Gasteiger partial charge in [0.15, 0.2) is 0 Å². The highest BCUT2D eigenvalue weighted by Crippen LogP contribution is 2.57. The third kappa shape index (κ3) is 2.29. The summed E-state index contributed by atoms with van der Waals surface area (Å²) in [5.41, 5.74) is -0.600. The zero-order valence-electron chi connectivity index (χ0n) is 12.8. The molecule has 0 heterocycles. The smallest absolute Gasteiger partial charge is 0.0860 e. The molecule has 1 N–H and O–H groups in total. The van der Waals surface area contributed by atoms with Crippen LogP contribution >= 0.6 is 0 Å². The molecule has 112 valence electrons. The number of rotatable bonds is 1. The third-order valence-corrected chi connectivity index (χ3v) is 6.86. The molecule has 0 radical (unpaired) electrons. The van der Waals surface area contributed by atoms with E-state index in [2.05, 4.69) is 6.07 Å². The summed E-state index contributed by atoms with van der Waals surface area (Å²) in [4.78, 5) is 0. The molecule has 3 aliphatic carbocycles. The largest absolute Gasteiger partial charge is 0.388 e. The summed E-state index contributed by atoms with van der Waals surface area (Å²) in [6, 6.07) is 2.60. The molecule has 3 saturated carbocycles. The van der Waals surface area contributed by atoms with Crippen molar-refractivity contribution in [3.05, 3.63) is 0 Å². The zero-order valence-corrected chi connectivity index (χ0v) is 12.8. The second-order valence-corrected chi connectivity index (χ2v) is 7.85. The lowest BCUT2D eigenvalue weighted by Gasteiger charge is -2.49. The Kier molecular flexibility index (Phi) is 3.84. The van der Waals surface area contributed by atoms with Gasteiger partial charge >= 0.3 is 0 Å². The number of hydrogen-bond donors (Lipinski definition) is 1. The molecule has 3 aliphatic rings. The van der Waals surface area contributed by atoms with Gasteiger partial charge in [-0.1, -0.05) is 38.5 Å². The van der Waals surface area contributed by atoms with E-state index in [1.165, 1.54) is 38.5 Å². The van der Waals surface area contributed by atoms with E-state index in [0.29, 0.717) is 5.41 Å². The SMILES string of the molecule is N#CC1(C2(O)CCC3(CCCC3)CC2)CCCCCC1. The second-order valence-electron chi connectivity index (χ2n) is 7.85. The van der Waals surface area contributed by atoms with E-state index in [-0.39, 0.29) is 0 Å². The summed E-state index contributed by atoms with van der Waals surface area (Å²) in [5, 5.41) is 21.1. The Morgan fingerprint density at radius 1 is 0.650 bits per heavy atom. The predicted molar refractivity (Wildman–Crippen MR) is 80.1 cm³/mol. The maximum absolute atomic E-state index is 11.3. The molecule has 0 aromatic rings. The summed E-state index contributed by atoms with van der Waals surface area (Å²) in [7, 11) is 0. The Bertz CT molecular complexity index is 371. The van der Waals surface area contributed by atoms with Crippen molar-refractivity contribution in [2.75, 3.05) is 0 Å². The number of nitriles is 1. The standard InChI is InChI=1S/C18H29NO/c19-15-17(9-3-1-2-4-10-17)18(20)13-11-16(12-14-18)7-5-6-8-16/h20H,1-14H2. The summed E-state index contributed by atoms with van der Waals surface area (Å²) in [5.74, 6) is 0. The van der Waals surface area contributed by atoms with Gasteiger partial charge in [0, 0.05) is 0 Å². The number of hydrogen-bond acceptors (Lipinski definition) is 2.